The second kappa shape index (κ2) is 5.43. The molecule has 4 rings (SSSR count). The number of hydrogen-bond donors (Lipinski definition) is 1. The highest BCUT2D eigenvalue weighted by atomic mass is 16.3. The van der Waals surface area contributed by atoms with Crippen molar-refractivity contribution in [3.05, 3.63) is 48.2 Å². The van der Waals surface area contributed by atoms with Crippen LogP contribution in [0.25, 0.3) is 5.65 Å². The average molecular weight is 312 g/mol. The zero-order chi connectivity index (χ0) is 15.9. The van der Waals surface area contributed by atoms with Gasteiger partial charge >= 0.3 is 0 Å². The Labute approximate surface area is 134 Å². The number of likely N-dealkylation sites (tertiary alicyclic amines) is 1. The Hall–Kier alpha value is -2.25. The summed E-state index contributed by atoms with van der Waals surface area (Å²) in [4.78, 5) is 6.78. The summed E-state index contributed by atoms with van der Waals surface area (Å²) in [7, 11) is 0. The minimum absolute atomic E-state index is 0.482. The van der Waals surface area contributed by atoms with Crippen molar-refractivity contribution in [2.75, 3.05) is 13.1 Å². The Morgan fingerprint density at radius 3 is 3.09 bits per heavy atom. The predicted molar refractivity (Wildman–Crippen MR) is 84.8 cm³/mol. The van der Waals surface area contributed by atoms with Crippen LogP contribution in [0.5, 0.6) is 0 Å². The Balaban J connectivity index is 1.48. The highest BCUT2D eigenvalue weighted by molar-refractivity contribution is 5.48. The van der Waals surface area contributed by atoms with E-state index in [4.69, 9.17) is 0 Å². The van der Waals surface area contributed by atoms with Gasteiger partial charge in [-0.05, 0) is 25.0 Å². The molecule has 7 heteroatoms. The van der Waals surface area contributed by atoms with Crippen LogP contribution in [0.15, 0.2) is 36.9 Å². The highest BCUT2D eigenvalue weighted by Gasteiger charge is 2.36. The summed E-state index contributed by atoms with van der Waals surface area (Å²) in [5, 5.41) is 18.5. The third kappa shape index (κ3) is 2.73. The van der Waals surface area contributed by atoms with E-state index in [9.17, 15) is 5.11 Å². The van der Waals surface area contributed by atoms with Gasteiger partial charge in [-0.1, -0.05) is 11.3 Å². The molecule has 4 heterocycles. The smallest absolute Gasteiger partial charge is 0.139 e. The number of hydrogen-bond acceptors (Lipinski definition) is 5. The molecule has 3 aromatic heterocycles. The van der Waals surface area contributed by atoms with Gasteiger partial charge in [0.2, 0.25) is 0 Å². The zero-order valence-electron chi connectivity index (χ0n) is 13.1. The summed E-state index contributed by atoms with van der Waals surface area (Å²) in [6, 6.07) is 4.11. The number of aryl methyl sites for hydroxylation is 1. The van der Waals surface area contributed by atoms with Crippen molar-refractivity contribution in [2.45, 2.75) is 32.0 Å². The first kappa shape index (κ1) is 14.3. The molecule has 0 amide bonds. The largest absolute Gasteiger partial charge is 0.387 e. The maximum atomic E-state index is 10.8. The quantitative estimate of drug-likeness (QED) is 0.774. The number of pyridine rings is 1. The molecule has 0 aliphatic carbocycles. The molecule has 1 aliphatic heterocycles. The van der Waals surface area contributed by atoms with Crippen LogP contribution >= 0.6 is 0 Å². The number of rotatable bonds is 4. The number of aliphatic hydroxyl groups is 1. The van der Waals surface area contributed by atoms with E-state index in [0.717, 1.165) is 30.9 Å². The summed E-state index contributed by atoms with van der Waals surface area (Å²) >= 11 is 0. The fraction of sp³-hybridized carbons (Fsp3) is 0.438. The number of imidazole rings is 1. The normalized spacial score (nSPS) is 22.2. The summed E-state index contributed by atoms with van der Waals surface area (Å²) in [6.07, 6.45) is 8.13. The summed E-state index contributed by atoms with van der Waals surface area (Å²) in [5.74, 6) is 0. The van der Waals surface area contributed by atoms with Gasteiger partial charge in [-0.15, -0.1) is 5.10 Å². The molecule has 1 saturated heterocycles. The van der Waals surface area contributed by atoms with Gasteiger partial charge in [0.25, 0.3) is 0 Å². The Kier molecular flexibility index (Phi) is 3.39. The third-order valence-corrected chi connectivity index (χ3v) is 4.53. The Bertz CT molecular complexity index is 811. The van der Waals surface area contributed by atoms with Crippen molar-refractivity contribution in [3.8, 4) is 0 Å². The van der Waals surface area contributed by atoms with E-state index >= 15 is 0 Å². The predicted octanol–water partition coefficient (Wildman–Crippen LogP) is 0.871. The summed E-state index contributed by atoms with van der Waals surface area (Å²) in [6.45, 7) is 4.83. The molecule has 1 aliphatic rings. The van der Waals surface area contributed by atoms with Crippen LogP contribution in [0.3, 0.4) is 0 Å². The van der Waals surface area contributed by atoms with Crippen LogP contribution in [0.4, 0.5) is 0 Å². The van der Waals surface area contributed by atoms with Gasteiger partial charge in [-0.2, -0.15) is 0 Å². The molecule has 1 fully saturated rings. The van der Waals surface area contributed by atoms with Gasteiger partial charge in [-0.25, -0.2) is 9.67 Å². The zero-order valence-corrected chi connectivity index (χ0v) is 13.1. The SMILES string of the molecule is Cc1cccn2c(CN3CCC(O)(Cn4ccnn4)C3)cnc12. The molecule has 0 saturated carbocycles. The second-order valence-electron chi connectivity index (χ2n) is 6.42. The maximum Gasteiger partial charge on any atom is 0.139 e. The minimum atomic E-state index is -0.746. The van der Waals surface area contributed by atoms with Crippen molar-refractivity contribution in [1.29, 1.82) is 0 Å². The molecular formula is C16H20N6O. The molecule has 1 unspecified atom stereocenters. The Morgan fingerprint density at radius 2 is 2.26 bits per heavy atom. The van der Waals surface area contributed by atoms with Crippen LogP contribution in [-0.4, -0.2) is 53.1 Å². The van der Waals surface area contributed by atoms with Gasteiger partial charge < -0.3 is 9.51 Å². The van der Waals surface area contributed by atoms with Crippen LogP contribution in [0.2, 0.25) is 0 Å². The van der Waals surface area contributed by atoms with Crippen LogP contribution < -0.4 is 0 Å². The molecule has 0 radical (unpaired) electrons. The molecule has 120 valence electrons. The van der Waals surface area contributed by atoms with Gasteiger partial charge in [0.05, 0.1) is 30.2 Å². The lowest BCUT2D eigenvalue weighted by Crippen LogP contribution is -2.37. The van der Waals surface area contributed by atoms with Crippen molar-refractivity contribution in [2.24, 2.45) is 0 Å². The van der Waals surface area contributed by atoms with Crippen LogP contribution in [0, 0.1) is 6.92 Å². The lowest BCUT2D eigenvalue weighted by molar-refractivity contribution is 0.0273. The number of fused-ring (bicyclic) bond motifs is 1. The second-order valence-corrected chi connectivity index (χ2v) is 6.42. The van der Waals surface area contributed by atoms with E-state index in [1.807, 2.05) is 18.5 Å². The topological polar surface area (TPSA) is 71.5 Å². The minimum Gasteiger partial charge on any atom is -0.387 e. The van der Waals surface area contributed by atoms with E-state index in [1.165, 1.54) is 5.56 Å². The monoisotopic (exact) mass is 312 g/mol. The van der Waals surface area contributed by atoms with Gasteiger partial charge in [-0.3, -0.25) is 4.90 Å². The van der Waals surface area contributed by atoms with E-state index in [2.05, 4.69) is 37.6 Å². The summed E-state index contributed by atoms with van der Waals surface area (Å²) in [5.41, 5.74) is 2.57. The fourth-order valence-electron chi connectivity index (χ4n) is 3.37. The van der Waals surface area contributed by atoms with E-state index < -0.39 is 5.60 Å². The first-order chi connectivity index (χ1) is 11.1. The summed E-state index contributed by atoms with van der Waals surface area (Å²) < 4.78 is 3.82. The molecule has 0 bridgehead atoms. The van der Waals surface area contributed by atoms with Gasteiger partial charge in [0.1, 0.15) is 5.65 Å². The number of β-amino-alcohol motifs (C(OH)–C–C–N with tert-alkyl or cyclic N) is 1. The first-order valence-corrected chi connectivity index (χ1v) is 7.83. The van der Waals surface area contributed by atoms with E-state index in [1.54, 1.807) is 17.1 Å². The van der Waals surface area contributed by atoms with Crippen molar-refractivity contribution >= 4 is 5.65 Å². The molecule has 3 aromatic rings. The molecule has 23 heavy (non-hydrogen) atoms. The molecule has 7 nitrogen and oxygen atoms in total. The van der Waals surface area contributed by atoms with Crippen LogP contribution in [-0.2, 0) is 13.1 Å². The highest BCUT2D eigenvalue weighted by Crippen LogP contribution is 2.25. The lowest BCUT2D eigenvalue weighted by atomic mass is 10.0. The van der Waals surface area contributed by atoms with E-state index in [-0.39, 0.29) is 0 Å². The van der Waals surface area contributed by atoms with Gasteiger partial charge in [0, 0.05) is 32.0 Å². The van der Waals surface area contributed by atoms with E-state index in [0.29, 0.717) is 13.1 Å². The molecular weight excluding hydrogens is 292 g/mol. The van der Waals surface area contributed by atoms with Crippen LogP contribution in [0.1, 0.15) is 17.7 Å². The maximum absolute atomic E-state index is 10.8. The molecule has 0 spiro atoms. The first-order valence-electron chi connectivity index (χ1n) is 7.83. The van der Waals surface area contributed by atoms with Gasteiger partial charge in [0.15, 0.2) is 0 Å². The lowest BCUT2D eigenvalue weighted by Gasteiger charge is -2.23. The van der Waals surface area contributed by atoms with Crippen molar-refractivity contribution in [3.63, 3.8) is 0 Å². The fourth-order valence-corrected chi connectivity index (χ4v) is 3.37. The standard InChI is InChI=1S/C16H20N6O/c1-13-3-2-6-22-14(9-17-15(13)22)10-20-7-4-16(23,11-20)12-21-8-5-18-19-21/h2-3,5-6,8-9,23H,4,7,10-12H2,1H3. The number of aromatic nitrogens is 5. The van der Waals surface area contributed by atoms with Crippen molar-refractivity contribution < 1.29 is 5.11 Å². The Morgan fingerprint density at radius 1 is 1.35 bits per heavy atom. The third-order valence-electron chi connectivity index (χ3n) is 4.53. The molecule has 0 aromatic carbocycles. The number of nitrogens with zero attached hydrogens (tertiary/aromatic N) is 6. The average Bonchev–Trinajstić information content (AvgIpc) is 3.23. The molecule has 1 N–H and O–H groups in total. The van der Waals surface area contributed by atoms with Crippen molar-refractivity contribution in [1.82, 2.24) is 29.3 Å². The molecule has 1 atom stereocenters.